The molecule has 2 N–H and O–H groups in total. The van der Waals surface area contributed by atoms with E-state index in [1.165, 1.54) is 16.8 Å². The van der Waals surface area contributed by atoms with Crippen LogP contribution >= 0.6 is 0 Å². The van der Waals surface area contributed by atoms with Crippen molar-refractivity contribution in [3.63, 3.8) is 0 Å². The third-order valence-corrected chi connectivity index (χ3v) is 3.98. The summed E-state index contributed by atoms with van der Waals surface area (Å²) in [5.41, 5.74) is 3.88. The second kappa shape index (κ2) is 6.75. The minimum atomic E-state index is -0.146. The molecule has 0 fully saturated rings. The van der Waals surface area contributed by atoms with Crippen LogP contribution in [0.15, 0.2) is 18.2 Å². The van der Waals surface area contributed by atoms with Crippen molar-refractivity contribution < 1.29 is 4.79 Å². The number of likely N-dealkylation sites (N-methyl/N-ethyl adjacent to an activating group) is 1. The molecule has 1 aliphatic rings. The number of nitrogens with zero attached hydrogens (tertiary/aromatic N) is 1. The fourth-order valence-electron chi connectivity index (χ4n) is 2.72. The van der Waals surface area contributed by atoms with Crippen molar-refractivity contribution in [2.24, 2.45) is 0 Å². The number of carbonyl (C=O) groups excluding carboxylic acids is 1. The Morgan fingerprint density at radius 1 is 1.40 bits per heavy atom. The van der Waals surface area contributed by atoms with E-state index in [1.807, 2.05) is 25.7 Å². The normalized spacial score (nSPS) is 14.6. The van der Waals surface area contributed by atoms with Crippen molar-refractivity contribution in [1.29, 1.82) is 0 Å². The molecule has 0 aliphatic carbocycles. The van der Waals surface area contributed by atoms with Gasteiger partial charge in [-0.2, -0.15) is 0 Å². The third-order valence-electron chi connectivity index (χ3n) is 3.98. The Bertz CT molecular complexity index is 469. The van der Waals surface area contributed by atoms with Gasteiger partial charge in [0, 0.05) is 31.9 Å². The molecule has 1 aliphatic heterocycles. The van der Waals surface area contributed by atoms with Crippen LogP contribution in [-0.2, 0) is 17.8 Å². The van der Waals surface area contributed by atoms with Gasteiger partial charge < -0.3 is 15.5 Å². The van der Waals surface area contributed by atoms with Gasteiger partial charge in [0.2, 0.25) is 5.91 Å². The smallest absolute Gasteiger partial charge is 0.239 e. The van der Waals surface area contributed by atoms with Crippen molar-refractivity contribution in [3.05, 3.63) is 29.3 Å². The summed E-state index contributed by atoms with van der Waals surface area (Å²) >= 11 is 0. The monoisotopic (exact) mass is 275 g/mol. The first-order valence-corrected chi connectivity index (χ1v) is 7.54. The van der Waals surface area contributed by atoms with Crippen molar-refractivity contribution in [2.45, 2.75) is 39.8 Å². The Morgan fingerprint density at radius 2 is 2.15 bits per heavy atom. The summed E-state index contributed by atoms with van der Waals surface area (Å²) < 4.78 is 0. The zero-order valence-corrected chi connectivity index (χ0v) is 12.7. The van der Waals surface area contributed by atoms with E-state index < -0.39 is 0 Å². The van der Waals surface area contributed by atoms with Gasteiger partial charge in [0.05, 0.1) is 6.04 Å². The fourth-order valence-corrected chi connectivity index (χ4v) is 2.72. The lowest BCUT2D eigenvalue weighted by molar-refractivity contribution is -0.132. The molecule has 0 saturated carbocycles. The number of nitrogens with one attached hydrogen (secondary N) is 2. The number of amides is 1. The fraction of sp³-hybridized carbons (Fsp3) is 0.562. The Balaban J connectivity index is 1.95. The first kappa shape index (κ1) is 14.9. The average Bonchev–Trinajstić information content (AvgIpc) is 2.94. The maximum Gasteiger partial charge on any atom is 0.239 e. The van der Waals surface area contributed by atoms with Crippen LogP contribution in [0.25, 0.3) is 0 Å². The van der Waals surface area contributed by atoms with Crippen molar-refractivity contribution in [2.75, 3.05) is 25.0 Å². The number of carbonyl (C=O) groups is 1. The highest BCUT2D eigenvalue weighted by Crippen LogP contribution is 2.26. The molecule has 0 bridgehead atoms. The minimum absolute atomic E-state index is 0.146. The summed E-state index contributed by atoms with van der Waals surface area (Å²) in [4.78, 5) is 14.1. The standard InChI is InChI=1S/C16H25N3O/c1-4-19(5-2)16(20)12(3)18-11-14-8-6-7-13-9-10-17-15(13)14/h6-8,12,17-18H,4-5,9-11H2,1-3H3. The quantitative estimate of drug-likeness (QED) is 0.834. The van der Waals surface area contributed by atoms with Crippen LogP contribution < -0.4 is 10.6 Å². The molecule has 4 heteroatoms. The maximum absolute atomic E-state index is 12.2. The second-order valence-corrected chi connectivity index (χ2v) is 5.24. The summed E-state index contributed by atoms with van der Waals surface area (Å²) in [5.74, 6) is 0.176. The van der Waals surface area contributed by atoms with E-state index in [4.69, 9.17) is 0 Å². The Morgan fingerprint density at radius 3 is 2.85 bits per heavy atom. The molecule has 1 heterocycles. The van der Waals surface area contributed by atoms with E-state index >= 15 is 0 Å². The lowest BCUT2D eigenvalue weighted by atomic mass is 10.1. The summed E-state index contributed by atoms with van der Waals surface area (Å²) in [5, 5.41) is 6.78. The van der Waals surface area contributed by atoms with Crippen LogP contribution in [-0.4, -0.2) is 36.5 Å². The zero-order chi connectivity index (χ0) is 14.5. The molecule has 1 aromatic rings. The van der Waals surface area contributed by atoms with Crippen LogP contribution in [0.1, 0.15) is 31.9 Å². The summed E-state index contributed by atoms with van der Waals surface area (Å²) in [6.45, 7) is 9.25. The van der Waals surface area contributed by atoms with E-state index in [1.54, 1.807) is 0 Å². The zero-order valence-electron chi connectivity index (χ0n) is 12.7. The van der Waals surface area contributed by atoms with Gasteiger partial charge in [-0.1, -0.05) is 18.2 Å². The average molecular weight is 275 g/mol. The number of rotatable bonds is 6. The minimum Gasteiger partial charge on any atom is -0.384 e. The molecule has 0 radical (unpaired) electrons. The molecule has 1 atom stereocenters. The molecule has 1 unspecified atom stereocenters. The summed E-state index contributed by atoms with van der Waals surface area (Å²) in [7, 11) is 0. The Hall–Kier alpha value is -1.55. The number of hydrogen-bond acceptors (Lipinski definition) is 3. The SMILES string of the molecule is CCN(CC)C(=O)C(C)NCc1cccc2c1NCC2. The molecule has 0 spiro atoms. The molecule has 0 aromatic heterocycles. The molecular weight excluding hydrogens is 250 g/mol. The summed E-state index contributed by atoms with van der Waals surface area (Å²) in [6.07, 6.45) is 1.09. The Kier molecular flexibility index (Phi) is 5.01. The van der Waals surface area contributed by atoms with Crippen molar-refractivity contribution >= 4 is 11.6 Å². The number of benzene rings is 1. The molecule has 4 nitrogen and oxygen atoms in total. The van der Waals surface area contributed by atoms with Gasteiger partial charge in [-0.05, 0) is 38.3 Å². The highest BCUT2D eigenvalue weighted by atomic mass is 16.2. The number of hydrogen-bond donors (Lipinski definition) is 2. The van der Waals surface area contributed by atoms with Gasteiger partial charge >= 0.3 is 0 Å². The van der Waals surface area contributed by atoms with Gasteiger partial charge in [-0.15, -0.1) is 0 Å². The van der Waals surface area contributed by atoms with Crippen molar-refractivity contribution in [3.8, 4) is 0 Å². The molecule has 20 heavy (non-hydrogen) atoms. The molecule has 2 rings (SSSR count). The van der Waals surface area contributed by atoms with E-state index in [2.05, 4.69) is 28.8 Å². The third kappa shape index (κ3) is 3.12. The Labute approximate surface area is 121 Å². The van der Waals surface area contributed by atoms with Crippen LogP contribution in [0.3, 0.4) is 0 Å². The number of fused-ring (bicyclic) bond motifs is 1. The number of para-hydroxylation sites is 1. The lowest BCUT2D eigenvalue weighted by Gasteiger charge is -2.23. The van der Waals surface area contributed by atoms with Crippen LogP contribution in [0.4, 0.5) is 5.69 Å². The van der Waals surface area contributed by atoms with Gasteiger partial charge in [0.15, 0.2) is 0 Å². The molecular formula is C16H25N3O. The van der Waals surface area contributed by atoms with E-state index in [9.17, 15) is 4.79 Å². The van der Waals surface area contributed by atoms with E-state index in [0.29, 0.717) is 0 Å². The predicted molar refractivity (Wildman–Crippen MR) is 82.9 cm³/mol. The molecule has 1 amide bonds. The van der Waals surface area contributed by atoms with Gasteiger partial charge in [0.25, 0.3) is 0 Å². The van der Waals surface area contributed by atoms with E-state index in [-0.39, 0.29) is 11.9 Å². The van der Waals surface area contributed by atoms with Gasteiger partial charge in [-0.3, -0.25) is 4.79 Å². The van der Waals surface area contributed by atoms with Crippen LogP contribution in [0, 0.1) is 0 Å². The number of anilines is 1. The summed E-state index contributed by atoms with van der Waals surface area (Å²) in [6, 6.07) is 6.24. The molecule has 110 valence electrons. The van der Waals surface area contributed by atoms with Crippen LogP contribution in [0.5, 0.6) is 0 Å². The topological polar surface area (TPSA) is 44.4 Å². The van der Waals surface area contributed by atoms with Gasteiger partial charge in [0.1, 0.15) is 0 Å². The highest BCUT2D eigenvalue weighted by Gasteiger charge is 2.19. The predicted octanol–water partition coefficient (Wildman–Crippen LogP) is 2.00. The maximum atomic E-state index is 12.2. The van der Waals surface area contributed by atoms with Crippen LogP contribution in [0.2, 0.25) is 0 Å². The lowest BCUT2D eigenvalue weighted by Crippen LogP contribution is -2.44. The van der Waals surface area contributed by atoms with E-state index in [0.717, 1.165) is 32.6 Å². The highest BCUT2D eigenvalue weighted by molar-refractivity contribution is 5.81. The van der Waals surface area contributed by atoms with Crippen molar-refractivity contribution in [1.82, 2.24) is 10.2 Å². The molecule has 0 saturated heterocycles. The van der Waals surface area contributed by atoms with Gasteiger partial charge in [-0.25, -0.2) is 0 Å². The largest absolute Gasteiger partial charge is 0.384 e. The molecule has 1 aromatic carbocycles. The second-order valence-electron chi connectivity index (χ2n) is 5.24. The first-order valence-electron chi connectivity index (χ1n) is 7.54. The first-order chi connectivity index (χ1) is 9.67.